The van der Waals surface area contributed by atoms with Gasteiger partial charge < -0.3 is 0 Å². The van der Waals surface area contributed by atoms with E-state index in [4.69, 9.17) is 0 Å². The van der Waals surface area contributed by atoms with Gasteiger partial charge in [0.25, 0.3) is 0 Å². The first-order chi connectivity index (χ1) is 0. The molecule has 0 aromatic rings. The zero-order chi connectivity index (χ0) is 0. The molecule has 0 saturated carbocycles. The molecule has 0 aromatic carbocycles. The second-order valence-electron chi connectivity index (χ2n) is 0. The molecule has 0 saturated heterocycles. The Labute approximate surface area is 109 Å². The van der Waals surface area contributed by atoms with Crippen LogP contribution in [-0.2, 0) is 0 Å². The maximum atomic E-state index is 0. The van der Waals surface area contributed by atoms with E-state index in [1.54, 1.807) is 0 Å². The van der Waals surface area contributed by atoms with Crippen LogP contribution in [0.15, 0.2) is 0 Å². The molecule has 0 N–H and O–H groups in total. The molecule has 0 bridgehead atoms. The van der Waals surface area contributed by atoms with Crippen molar-refractivity contribution in [3.05, 3.63) is 0 Å². The van der Waals surface area contributed by atoms with E-state index in [0.29, 0.717) is 0 Å². The van der Waals surface area contributed by atoms with Crippen molar-refractivity contribution in [1.29, 1.82) is 0 Å². The van der Waals surface area contributed by atoms with Gasteiger partial charge in [-0.15, -0.1) is 0 Å². The fraction of sp³-hybridized carbons (Fsp3) is 0. The first-order valence-corrected chi connectivity index (χ1v) is 0. The molecule has 0 radical (unpaired) electrons. The molecule has 0 nitrogen and oxygen atoms in total. The van der Waals surface area contributed by atoms with Crippen LogP contribution in [0.3, 0.4) is 0 Å². The Hall–Kier alpha value is 3.43. The van der Waals surface area contributed by atoms with Crippen molar-refractivity contribution in [3.8, 4) is 0 Å². The van der Waals surface area contributed by atoms with Crippen LogP contribution in [0.5, 0.6) is 0 Å². The monoisotopic (exact) mass is 226 g/mol. The average Bonchev–Trinajstić information content (AvgIpc) is 0. The summed E-state index contributed by atoms with van der Waals surface area (Å²) in [6.07, 6.45) is 0. The van der Waals surface area contributed by atoms with Crippen molar-refractivity contribution in [2.75, 3.05) is 0 Å². The number of hydrogen-bond acceptors (Lipinski definition) is 0. The quantitative estimate of drug-likeness (QED) is 0.367. The van der Waals surface area contributed by atoms with Gasteiger partial charge in [-0.25, -0.2) is 0 Å². The van der Waals surface area contributed by atoms with Crippen molar-refractivity contribution in [2.24, 2.45) is 0 Å². The van der Waals surface area contributed by atoms with Crippen molar-refractivity contribution < 1.29 is 0 Å². The summed E-state index contributed by atoms with van der Waals surface area (Å²) in [4.78, 5) is 0. The maximum absolute atomic E-state index is 0. The Morgan fingerprint density at radius 2 is 1.00 bits per heavy atom. The van der Waals surface area contributed by atoms with Gasteiger partial charge in [0.05, 0.1) is 8.41 Å². The van der Waals surface area contributed by atoms with Crippen LogP contribution in [0.25, 0.3) is 0 Å². The first-order valence-electron chi connectivity index (χ1n) is 0. The summed E-state index contributed by atoms with van der Waals surface area (Å²) in [5.41, 5.74) is 0. The molecule has 0 amide bonds. The Morgan fingerprint density at radius 3 is 1.00 bits per heavy atom. The Bertz CT molecular complexity index is 8.00. The molecule has 4 heteroatoms. The molecule has 20 valence electrons. The van der Waals surface area contributed by atoms with Gasteiger partial charge >= 0.3 is 86.6 Å². The molecule has 0 spiro atoms. The van der Waals surface area contributed by atoms with Crippen LogP contribution in [0.4, 0.5) is 0 Å². The molecule has 0 aliphatic rings. The van der Waals surface area contributed by atoms with Gasteiger partial charge in [0.15, 0.2) is 17.4 Å². The average molecular weight is 225 g/mol. The fourth-order valence-corrected chi connectivity index (χ4v) is 0. The van der Waals surface area contributed by atoms with Crippen LogP contribution < -0.4 is 0 Å². The SMILES string of the molecule is B.[AlH3].[BaH2].[CaH2]. The summed E-state index contributed by atoms with van der Waals surface area (Å²) >= 11 is 0. The fourth-order valence-electron chi connectivity index (χ4n) is 0. The number of rotatable bonds is 0. The zero-order valence-electron chi connectivity index (χ0n) is 0. The van der Waals surface area contributed by atoms with Gasteiger partial charge in [-0.2, -0.15) is 0 Å². The molecule has 4 heavy (non-hydrogen) atoms. The summed E-state index contributed by atoms with van der Waals surface area (Å²) in [5.74, 6) is 0. The summed E-state index contributed by atoms with van der Waals surface area (Å²) in [7, 11) is 0. The second kappa shape index (κ2) is 16.1. The van der Waals surface area contributed by atoms with Crippen LogP contribution >= 0.6 is 0 Å². The molecule has 0 unspecified atom stereocenters. The Balaban J connectivity index is 0. The molecular formula is H10AlBBaCa. The molecule has 0 heterocycles. The number of hydrogen-bond donors (Lipinski definition) is 0. The summed E-state index contributed by atoms with van der Waals surface area (Å²) in [6.45, 7) is 0. The van der Waals surface area contributed by atoms with E-state index in [2.05, 4.69) is 0 Å². The molecule has 0 atom stereocenters. The topological polar surface area (TPSA) is 0 Å². The summed E-state index contributed by atoms with van der Waals surface area (Å²) < 4.78 is 0. The predicted octanol–water partition coefficient (Wildman–Crippen LogP) is -4.20. The molecule has 0 aliphatic heterocycles. The van der Waals surface area contributed by atoms with E-state index in [9.17, 15) is 0 Å². The Kier molecular flexibility index (Phi) is 105. The van der Waals surface area contributed by atoms with Crippen molar-refractivity contribution >= 4 is 112 Å². The molecule has 0 aliphatic carbocycles. The molecular weight excluding hydrogens is 215 g/mol. The normalized spacial score (nSPS) is 0. The van der Waals surface area contributed by atoms with Crippen molar-refractivity contribution in [1.82, 2.24) is 0 Å². The van der Waals surface area contributed by atoms with E-state index in [-0.39, 0.29) is 112 Å². The summed E-state index contributed by atoms with van der Waals surface area (Å²) in [5, 5.41) is 0. The van der Waals surface area contributed by atoms with Gasteiger partial charge in [-0.3, -0.25) is 0 Å². The third kappa shape index (κ3) is 9.06. The van der Waals surface area contributed by atoms with Gasteiger partial charge in [0.2, 0.25) is 0 Å². The van der Waals surface area contributed by atoms with Gasteiger partial charge in [-0.1, -0.05) is 0 Å². The van der Waals surface area contributed by atoms with Gasteiger partial charge in [0.1, 0.15) is 0 Å². The minimum atomic E-state index is 0. The molecule has 0 rings (SSSR count). The molecule has 0 fully saturated rings. The van der Waals surface area contributed by atoms with Crippen LogP contribution in [0.1, 0.15) is 0 Å². The summed E-state index contributed by atoms with van der Waals surface area (Å²) in [6, 6.07) is 0. The van der Waals surface area contributed by atoms with E-state index in [0.717, 1.165) is 0 Å². The Morgan fingerprint density at radius 1 is 1.00 bits per heavy atom. The third-order valence-electron chi connectivity index (χ3n) is 0. The standard InChI is InChI=1S/Al.BH3.Ba.Ca.7H/h;1H3;;;;;;;;;. The first kappa shape index (κ1) is 26.1. The minimum absolute atomic E-state index is 0. The van der Waals surface area contributed by atoms with Crippen molar-refractivity contribution in [2.45, 2.75) is 0 Å². The predicted molar refractivity (Wildman–Crippen MR) is 37.0 cm³/mol. The van der Waals surface area contributed by atoms with Crippen molar-refractivity contribution in [3.63, 3.8) is 0 Å². The van der Waals surface area contributed by atoms with Crippen LogP contribution in [0, 0.1) is 0 Å². The second-order valence-corrected chi connectivity index (χ2v) is 0. The van der Waals surface area contributed by atoms with Crippen LogP contribution in [0.2, 0.25) is 0 Å². The van der Waals surface area contributed by atoms with Crippen LogP contribution in [-0.4, -0.2) is 112 Å². The van der Waals surface area contributed by atoms with E-state index >= 15 is 0 Å². The van der Waals surface area contributed by atoms with Gasteiger partial charge in [-0.05, 0) is 0 Å². The van der Waals surface area contributed by atoms with Gasteiger partial charge in [0, 0.05) is 0 Å². The zero-order valence-corrected chi connectivity index (χ0v) is 0. The third-order valence-corrected chi connectivity index (χ3v) is 0. The molecule has 0 aromatic heterocycles. The van der Waals surface area contributed by atoms with E-state index in [1.807, 2.05) is 0 Å². The van der Waals surface area contributed by atoms with E-state index in [1.165, 1.54) is 0 Å². The van der Waals surface area contributed by atoms with E-state index < -0.39 is 0 Å².